The summed E-state index contributed by atoms with van der Waals surface area (Å²) in [4.78, 5) is 26.6. The molecule has 0 spiro atoms. The van der Waals surface area contributed by atoms with Gasteiger partial charge in [-0.2, -0.15) is 13.2 Å². The van der Waals surface area contributed by atoms with Gasteiger partial charge in [0.25, 0.3) is 5.91 Å². The Morgan fingerprint density at radius 1 is 1.06 bits per heavy atom. The van der Waals surface area contributed by atoms with Crippen molar-refractivity contribution in [1.82, 2.24) is 10.2 Å². The molecule has 0 atom stereocenters. The van der Waals surface area contributed by atoms with Crippen LogP contribution in [0.5, 0.6) is 5.75 Å². The topological polar surface area (TPSA) is 58.6 Å². The number of hydrogen-bond acceptors (Lipinski definition) is 3. The normalized spacial score (nSPS) is 14.8. The van der Waals surface area contributed by atoms with Crippen LogP contribution < -0.4 is 10.1 Å². The van der Waals surface area contributed by atoms with Crippen molar-refractivity contribution in [3.05, 3.63) is 65.2 Å². The van der Waals surface area contributed by atoms with Crippen molar-refractivity contribution in [2.75, 3.05) is 19.7 Å². The number of hydrogen-bond donors (Lipinski definition) is 1. The summed E-state index contributed by atoms with van der Waals surface area (Å²) < 4.78 is 45.0. The summed E-state index contributed by atoms with van der Waals surface area (Å²) in [5.74, 6) is 0.0485. The molecule has 1 fully saturated rings. The van der Waals surface area contributed by atoms with Crippen LogP contribution in [0.15, 0.2) is 48.5 Å². The van der Waals surface area contributed by atoms with Gasteiger partial charge >= 0.3 is 6.18 Å². The number of rotatable bonds is 7. The molecule has 32 heavy (non-hydrogen) atoms. The second-order valence-electron chi connectivity index (χ2n) is 7.94. The monoisotopic (exact) mass is 448 g/mol. The van der Waals surface area contributed by atoms with Crippen molar-refractivity contribution >= 4 is 11.8 Å². The number of carbonyl (C=O) groups is 2. The number of alkyl halides is 3. The highest BCUT2D eigenvalue weighted by molar-refractivity contribution is 5.96. The molecular weight excluding hydrogens is 421 g/mol. The van der Waals surface area contributed by atoms with Crippen LogP contribution in [0.25, 0.3) is 0 Å². The Bertz CT molecular complexity index is 921. The van der Waals surface area contributed by atoms with E-state index in [0.717, 1.165) is 17.4 Å². The van der Waals surface area contributed by atoms with E-state index in [-0.39, 0.29) is 17.5 Å². The third-order valence-electron chi connectivity index (χ3n) is 5.48. The highest BCUT2D eigenvalue weighted by Gasteiger charge is 2.35. The SMILES string of the molecule is Cc1ccc(OCCCC(=O)N2CCC(NC(=O)c3ccccc3C(F)(F)F)CC2)cc1. The predicted molar refractivity (Wildman–Crippen MR) is 114 cm³/mol. The number of benzene rings is 2. The second kappa shape index (κ2) is 10.5. The van der Waals surface area contributed by atoms with Gasteiger partial charge in [0.1, 0.15) is 5.75 Å². The Labute approximate surface area is 185 Å². The van der Waals surface area contributed by atoms with E-state index in [1.807, 2.05) is 31.2 Å². The largest absolute Gasteiger partial charge is 0.494 e. The van der Waals surface area contributed by atoms with Gasteiger partial charge in [-0.25, -0.2) is 0 Å². The fourth-order valence-electron chi connectivity index (χ4n) is 3.67. The average Bonchev–Trinajstić information content (AvgIpc) is 2.77. The maximum absolute atomic E-state index is 13.1. The lowest BCUT2D eigenvalue weighted by molar-refractivity contribution is -0.138. The lowest BCUT2D eigenvalue weighted by Gasteiger charge is -2.32. The van der Waals surface area contributed by atoms with Crippen LogP contribution in [-0.2, 0) is 11.0 Å². The summed E-state index contributed by atoms with van der Waals surface area (Å²) in [7, 11) is 0. The standard InChI is InChI=1S/C24H27F3N2O3/c1-17-8-10-19(11-9-17)32-16-4-7-22(30)29-14-12-18(13-15-29)28-23(31)20-5-2-3-6-21(20)24(25,26)27/h2-3,5-6,8-11,18H,4,7,12-16H2,1H3,(H,28,31). The molecule has 5 nitrogen and oxygen atoms in total. The number of piperidine rings is 1. The van der Waals surface area contributed by atoms with Crippen molar-refractivity contribution in [2.24, 2.45) is 0 Å². The summed E-state index contributed by atoms with van der Waals surface area (Å²) in [6.07, 6.45) is -2.62. The molecule has 2 aromatic rings. The first-order valence-electron chi connectivity index (χ1n) is 10.7. The van der Waals surface area contributed by atoms with Gasteiger partial charge in [-0.05, 0) is 50.5 Å². The van der Waals surface area contributed by atoms with Crippen LogP contribution in [0, 0.1) is 6.92 Å². The molecule has 0 radical (unpaired) electrons. The molecular formula is C24H27F3N2O3. The molecule has 8 heteroatoms. The number of ether oxygens (including phenoxy) is 1. The molecule has 0 aliphatic carbocycles. The van der Waals surface area contributed by atoms with Gasteiger partial charge in [0.2, 0.25) is 5.91 Å². The first kappa shape index (κ1) is 23.6. The third kappa shape index (κ3) is 6.48. The molecule has 1 aliphatic heterocycles. The number of carbonyl (C=O) groups excluding carboxylic acids is 2. The van der Waals surface area contributed by atoms with E-state index < -0.39 is 17.6 Å². The van der Waals surface area contributed by atoms with Crippen molar-refractivity contribution in [3.8, 4) is 5.75 Å². The molecule has 1 N–H and O–H groups in total. The van der Waals surface area contributed by atoms with Gasteiger partial charge in [-0.1, -0.05) is 29.8 Å². The quantitative estimate of drug-likeness (QED) is 0.630. The summed E-state index contributed by atoms with van der Waals surface area (Å²) in [6, 6.07) is 12.2. The molecule has 172 valence electrons. The fraction of sp³-hybridized carbons (Fsp3) is 0.417. The van der Waals surface area contributed by atoms with Crippen molar-refractivity contribution in [1.29, 1.82) is 0 Å². The maximum atomic E-state index is 13.1. The maximum Gasteiger partial charge on any atom is 0.417 e. The van der Waals surface area contributed by atoms with Gasteiger partial charge in [-0.15, -0.1) is 0 Å². The number of likely N-dealkylation sites (tertiary alicyclic amines) is 1. The smallest absolute Gasteiger partial charge is 0.417 e. The molecule has 0 unspecified atom stereocenters. The van der Waals surface area contributed by atoms with E-state index in [2.05, 4.69) is 5.32 Å². The van der Waals surface area contributed by atoms with E-state index in [1.54, 1.807) is 4.90 Å². The number of aryl methyl sites for hydroxylation is 1. The molecule has 0 bridgehead atoms. The Kier molecular flexibility index (Phi) is 7.77. The van der Waals surface area contributed by atoms with Crippen LogP contribution in [0.1, 0.15) is 47.2 Å². The zero-order valence-corrected chi connectivity index (χ0v) is 18.0. The van der Waals surface area contributed by atoms with Crippen LogP contribution in [0.3, 0.4) is 0 Å². The molecule has 0 aromatic heterocycles. The average molecular weight is 448 g/mol. The van der Waals surface area contributed by atoms with E-state index in [4.69, 9.17) is 4.74 Å². The Morgan fingerprint density at radius 2 is 1.72 bits per heavy atom. The minimum absolute atomic E-state index is 0.0182. The second-order valence-corrected chi connectivity index (χ2v) is 7.94. The van der Waals surface area contributed by atoms with Gasteiger partial charge < -0.3 is 15.0 Å². The van der Waals surface area contributed by atoms with E-state index in [1.165, 1.54) is 18.2 Å². The lowest BCUT2D eigenvalue weighted by Crippen LogP contribution is -2.46. The number of amides is 2. The minimum atomic E-state index is -4.59. The third-order valence-corrected chi connectivity index (χ3v) is 5.48. The Balaban J connectivity index is 1.40. The summed E-state index contributed by atoms with van der Waals surface area (Å²) in [5.41, 5.74) is -0.179. The van der Waals surface area contributed by atoms with Gasteiger partial charge in [0.05, 0.1) is 17.7 Å². The summed E-state index contributed by atoms with van der Waals surface area (Å²) in [6.45, 7) is 3.37. The minimum Gasteiger partial charge on any atom is -0.494 e. The Morgan fingerprint density at radius 3 is 2.38 bits per heavy atom. The highest BCUT2D eigenvalue weighted by atomic mass is 19.4. The van der Waals surface area contributed by atoms with Crippen LogP contribution in [0.2, 0.25) is 0 Å². The fourth-order valence-corrected chi connectivity index (χ4v) is 3.67. The molecule has 1 aliphatic rings. The molecule has 1 saturated heterocycles. The van der Waals surface area contributed by atoms with E-state index >= 15 is 0 Å². The lowest BCUT2D eigenvalue weighted by atomic mass is 10.0. The number of nitrogens with zero attached hydrogens (tertiary/aromatic N) is 1. The molecule has 1 heterocycles. The summed E-state index contributed by atoms with van der Waals surface area (Å²) >= 11 is 0. The van der Waals surface area contributed by atoms with Crippen LogP contribution in [-0.4, -0.2) is 42.5 Å². The van der Waals surface area contributed by atoms with E-state index in [9.17, 15) is 22.8 Å². The highest BCUT2D eigenvalue weighted by Crippen LogP contribution is 2.32. The Hall–Kier alpha value is -3.03. The molecule has 2 aromatic carbocycles. The number of halogens is 3. The molecule has 2 amide bonds. The number of nitrogens with one attached hydrogen (secondary N) is 1. The van der Waals surface area contributed by atoms with Crippen molar-refractivity contribution in [2.45, 2.75) is 44.8 Å². The summed E-state index contributed by atoms with van der Waals surface area (Å²) in [5, 5.41) is 2.68. The van der Waals surface area contributed by atoms with Crippen molar-refractivity contribution in [3.63, 3.8) is 0 Å². The van der Waals surface area contributed by atoms with Crippen LogP contribution >= 0.6 is 0 Å². The van der Waals surface area contributed by atoms with E-state index in [0.29, 0.717) is 45.4 Å². The van der Waals surface area contributed by atoms with Gasteiger partial charge in [0, 0.05) is 25.6 Å². The zero-order valence-electron chi connectivity index (χ0n) is 18.0. The first-order chi connectivity index (χ1) is 15.2. The van der Waals surface area contributed by atoms with Crippen molar-refractivity contribution < 1.29 is 27.5 Å². The van der Waals surface area contributed by atoms with Crippen LogP contribution in [0.4, 0.5) is 13.2 Å². The van der Waals surface area contributed by atoms with Gasteiger partial charge in [-0.3, -0.25) is 9.59 Å². The van der Waals surface area contributed by atoms with Gasteiger partial charge in [0.15, 0.2) is 0 Å². The zero-order chi connectivity index (χ0) is 23.1. The predicted octanol–water partition coefficient (Wildman–Crippen LogP) is 4.59. The first-order valence-corrected chi connectivity index (χ1v) is 10.7. The molecule has 0 saturated carbocycles. The molecule has 3 rings (SSSR count).